The number of hydrogen-bond donors (Lipinski definition) is 2. The molecule has 7 heteroatoms. The van der Waals surface area contributed by atoms with Gasteiger partial charge in [-0.25, -0.2) is 0 Å². The molecule has 1 aliphatic carbocycles. The highest BCUT2D eigenvalue weighted by Gasteiger charge is 2.58. The Morgan fingerprint density at radius 1 is 1.31 bits per heavy atom. The fraction of sp³-hybridized carbons (Fsp3) is 0.895. The van der Waals surface area contributed by atoms with Crippen LogP contribution < -0.4 is 10.6 Å². The molecule has 2 fully saturated rings. The molecular formula is C19H37IN4O2. The molecule has 3 unspecified atom stereocenters. The first-order valence-corrected chi connectivity index (χ1v) is 9.56. The van der Waals surface area contributed by atoms with Crippen molar-refractivity contribution in [2.75, 3.05) is 26.7 Å². The lowest BCUT2D eigenvalue weighted by atomic mass is 9.56. The number of hydrogen-bond acceptors (Lipinski definition) is 3. The molecule has 0 radical (unpaired) electrons. The molecule has 152 valence electrons. The van der Waals surface area contributed by atoms with Crippen LogP contribution in [0.5, 0.6) is 0 Å². The van der Waals surface area contributed by atoms with E-state index < -0.39 is 0 Å². The van der Waals surface area contributed by atoms with Crippen molar-refractivity contribution in [3.8, 4) is 0 Å². The van der Waals surface area contributed by atoms with Crippen LogP contribution in [-0.2, 0) is 9.53 Å². The van der Waals surface area contributed by atoms with Crippen LogP contribution in [0, 0.1) is 11.3 Å². The number of aliphatic imine (C=N–C) groups is 1. The van der Waals surface area contributed by atoms with E-state index in [0.717, 1.165) is 38.4 Å². The van der Waals surface area contributed by atoms with Gasteiger partial charge in [-0.1, -0.05) is 27.7 Å². The van der Waals surface area contributed by atoms with Gasteiger partial charge in [-0.3, -0.25) is 9.79 Å². The summed E-state index contributed by atoms with van der Waals surface area (Å²) in [7, 11) is 1.79. The number of amides is 1. The SMILES string of the molecule is CCN=C(NC1CCN(C(=O)C(C)C)C1)NC1CC(C)(OC)C1(C)C.I. The molecule has 26 heavy (non-hydrogen) atoms. The minimum atomic E-state index is -0.101. The molecule has 1 aliphatic heterocycles. The quantitative estimate of drug-likeness (QED) is 0.361. The number of carbonyl (C=O) groups is 1. The maximum absolute atomic E-state index is 12.2. The zero-order chi connectivity index (χ0) is 18.8. The molecule has 0 aromatic heterocycles. The van der Waals surface area contributed by atoms with Crippen LogP contribution in [0.3, 0.4) is 0 Å². The first-order chi connectivity index (χ1) is 11.6. The molecule has 1 saturated carbocycles. The number of carbonyl (C=O) groups excluding carboxylic acids is 1. The van der Waals surface area contributed by atoms with E-state index in [4.69, 9.17) is 4.74 Å². The molecule has 2 aliphatic rings. The van der Waals surface area contributed by atoms with Gasteiger partial charge in [-0.2, -0.15) is 0 Å². The van der Waals surface area contributed by atoms with Gasteiger partial charge in [0.2, 0.25) is 5.91 Å². The molecule has 1 amide bonds. The summed E-state index contributed by atoms with van der Waals surface area (Å²) < 4.78 is 5.71. The number of guanidine groups is 1. The van der Waals surface area contributed by atoms with E-state index in [2.05, 4.69) is 36.4 Å². The standard InChI is InChI=1S/C19H36N4O2.HI/c1-8-20-17(22-15-11-19(6,25-7)18(15,4)5)21-14-9-10-23(12-14)16(24)13(2)3;/h13-15H,8-12H2,1-7H3,(H2,20,21,22);1H. The van der Waals surface area contributed by atoms with E-state index in [9.17, 15) is 4.79 Å². The number of methoxy groups -OCH3 is 1. The number of halogens is 1. The van der Waals surface area contributed by atoms with Crippen molar-refractivity contribution in [2.45, 2.75) is 72.1 Å². The Bertz CT molecular complexity index is 524. The monoisotopic (exact) mass is 480 g/mol. The fourth-order valence-electron chi connectivity index (χ4n) is 3.82. The Morgan fingerprint density at radius 3 is 2.46 bits per heavy atom. The van der Waals surface area contributed by atoms with Crippen LogP contribution in [0.25, 0.3) is 0 Å². The van der Waals surface area contributed by atoms with Crippen LogP contribution in [-0.4, -0.2) is 61.2 Å². The molecular weight excluding hydrogens is 443 g/mol. The topological polar surface area (TPSA) is 66.0 Å². The first-order valence-electron chi connectivity index (χ1n) is 9.56. The predicted molar refractivity (Wildman–Crippen MR) is 117 cm³/mol. The molecule has 6 nitrogen and oxygen atoms in total. The van der Waals surface area contributed by atoms with Crippen molar-refractivity contribution in [1.29, 1.82) is 0 Å². The summed E-state index contributed by atoms with van der Waals surface area (Å²) in [5, 5.41) is 7.11. The minimum absolute atomic E-state index is 0. The third-order valence-corrected chi connectivity index (χ3v) is 6.24. The molecule has 0 aromatic carbocycles. The van der Waals surface area contributed by atoms with Gasteiger partial charge in [0.25, 0.3) is 0 Å². The van der Waals surface area contributed by atoms with Gasteiger partial charge in [-0.15, -0.1) is 24.0 Å². The zero-order valence-corrected chi connectivity index (χ0v) is 19.7. The number of likely N-dealkylation sites (tertiary alicyclic amines) is 1. The van der Waals surface area contributed by atoms with Gasteiger partial charge >= 0.3 is 0 Å². The van der Waals surface area contributed by atoms with Crippen LogP contribution >= 0.6 is 24.0 Å². The second-order valence-electron chi connectivity index (χ2n) is 8.45. The lowest BCUT2D eigenvalue weighted by Gasteiger charge is -2.59. The molecule has 0 spiro atoms. The maximum Gasteiger partial charge on any atom is 0.225 e. The fourth-order valence-corrected chi connectivity index (χ4v) is 3.82. The van der Waals surface area contributed by atoms with Gasteiger partial charge in [0, 0.05) is 50.2 Å². The molecule has 3 atom stereocenters. The van der Waals surface area contributed by atoms with Gasteiger partial charge in [0.05, 0.1) is 5.60 Å². The Labute approximate surface area is 175 Å². The minimum Gasteiger partial charge on any atom is -0.378 e. The summed E-state index contributed by atoms with van der Waals surface area (Å²) in [6.45, 7) is 14.9. The highest BCUT2D eigenvalue weighted by molar-refractivity contribution is 14.0. The first kappa shape index (κ1) is 23.5. The van der Waals surface area contributed by atoms with E-state index in [0.29, 0.717) is 6.04 Å². The molecule has 1 heterocycles. The average Bonchev–Trinajstić information content (AvgIpc) is 3.01. The smallest absolute Gasteiger partial charge is 0.225 e. The number of rotatable bonds is 5. The third kappa shape index (κ3) is 4.64. The predicted octanol–water partition coefficient (Wildman–Crippen LogP) is 2.62. The summed E-state index contributed by atoms with van der Waals surface area (Å²) >= 11 is 0. The summed E-state index contributed by atoms with van der Waals surface area (Å²) in [5.74, 6) is 1.15. The van der Waals surface area contributed by atoms with Gasteiger partial charge in [0.15, 0.2) is 5.96 Å². The highest BCUT2D eigenvalue weighted by atomic mass is 127. The number of ether oxygens (including phenoxy) is 1. The molecule has 1 saturated heterocycles. The zero-order valence-electron chi connectivity index (χ0n) is 17.4. The number of nitrogens with one attached hydrogen (secondary N) is 2. The van der Waals surface area contributed by atoms with E-state index in [1.54, 1.807) is 7.11 Å². The van der Waals surface area contributed by atoms with Gasteiger partial charge < -0.3 is 20.3 Å². The largest absolute Gasteiger partial charge is 0.378 e. The summed E-state index contributed by atoms with van der Waals surface area (Å²) in [5.41, 5.74) is -0.0664. The second kappa shape index (κ2) is 9.08. The average molecular weight is 480 g/mol. The van der Waals surface area contributed by atoms with Crippen molar-refractivity contribution in [3.05, 3.63) is 0 Å². The van der Waals surface area contributed by atoms with Crippen LogP contribution in [0.2, 0.25) is 0 Å². The Kier molecular flexibility index (Phi) is 8.20. The van der Waals surface area contributed by atoms with Gasteiger partial charge in [-0.05, 0) is 26.7 Å². The maximum atomic E-state index is 12.2. The van der Waals surface area contributed by atoms with Gasteiger partial charge in [0.1, 0.15) is 0 Å². The normalized spacial score (nSPS) is 30.6. The van der Waals surface area contributed by atoms with Crippen molar-refractivity contribution < 1.29 is 9.53 Å². The lowest BCUT2D eigenvalue weighted by molar-refractivity contribution is -0.176. The molecule has 0 bridgehead atoms. The van der Waals surface area contributed by atoms with E-state index >= 15 is 0 Å². The van der Waals surface area contributed by atoms with Crippen LogP contribution in [0.15, 0.2) is 4.99 Å². The van der Waals surface area contributed by atoms with Crippen molar-refractivity contribution in [1.82, 2.24) is 15.5 Å². The van der Waals surface area contributed by atoms with Crippen LogP contribution in [0.1, 0.15) is 54.4 Å². The third-order valence-electron chi connectivity index (χ3n) is 6.24. The lowest BCUT2D eigenvalue weighted by Crippen LogP contribution is -2.69. The molecule has 2 rings (SSSR count). The van der Waals surface area contributed by atoms with Crippen molar-refractivity contribution >= 4 is 35.8 Å². The Hall–Kier alpha value is -0.570. The van der Waals surface area contributed by atoms with Crippen LogP contribution in [0.4, 0.5) is 0 Å². The second-order valence-corrected chi connectivity index (χ2v) is 8.45. The van der Waals surface area contributed by atoms with Crippen molar-refractivity contribution in [3.63, 3.8) is 0 Å². The highest BCUT2D eigenvalue weighted by Crippen LogP contribution is 2.51. The summed E-state index contributed by atoms with van der Waals surface area (Å²) in [6.07, 6.45) is 1.93. The van der Waals surface area contributed by atoms with Crippen molar-refractivity contribution in [2.24, 2.45) is 16.3 Å². The van der Waals surface area contributed by atoms with E-state index in [1.165, 1.54) is 0 Å². The summed E-state index contributed by atoms with van der Waals surface area (Å²) in [4.78, 5) is 18.7. The Balaban J connectivity index is 0.00000338. The van der Waals surface area contributed by atoms with E-state index in [-0.39, 0.29) is 52.9 Å². The summed E-state index contributed by atoms with van der Waals surface area (Å²) in [6, 6.07) is 0.586. The number of nitrogens with zero attached hydrogens (tertiary/aromatic N) is 2. The van der Waals surface area contributed by atoms with E-state index in [1.807, 2.05) is 25.7 Å². The molecule has 0 aromatic rings. The molecule has 2 N–H and O–H groups in total. The Morgan fingerprint density at radius 2 is 1.96 bits per heavy atom.